The molecule has 0 unspecified atom stereocenters. The number of carboxylic acid groups (broad SMARTS) is 1. The Kier molecular flexibility index (Phi) is 4.74. The zero-order valence-electron chi connectivity index (χ0n) is 14.3. The van der Waals surface area contributed by atoms with Crippen LogP contribution in [0.15, 0.2) is 36.5 Å². The number of rotatable bonds is 5. The van der Waals surface area contributed by atoms with E-state index < -0.39 is 17.9 Å². The third kappa shape index (κ3) is 3.35. The Bertz CT molecular complexity index is 769. The summed E-state index contributed by atoms with van der Waals surface area (Å²) in [5.74, 6) is -0.877. The molecule has 2 heterocycles. The van der Waals surface area contributed by atoms with Crippen molar-refractivity contribution in [2.24, 2.45) is 13.0 Å². The summed E-state index contributed by atoms with van der Waals surface area (Å²) in [6.07, 6.45) is 2.25. The highest BCUT2D eigenvalue weighted by molar-refractivity contribution is 5.81. The highest BCUT2D eigenvalue weighted by Crippen LogP contribution is 2.38. The van der Waals surface area contributed by atoms with E-state index in [0.717, 1.165) is 11.3 Å². The minimum atomic E-state index is -0.886. The Morgan fingerprint density at radius 3 is 2.60 bits per heavy atom. The zero-order valence-corrected chi connectivity index (χ0v) is 14.3. The number of aryl methyl sites for hydroxylation is 1. The number of carbonyl (C=O) groups is 2. The molecule has 1 aromatic heterocycles. The van der Waals surface area contributed by atoms with Crippen LogP contribution < -0.4 is 4.74 Å². The van der Waals surface area contributed by atoms with Crippen LogP contribution in [0.5, 0.6) is 5.75 Å². The van der Waals surface area contributed by atoms with Gasteiger partial charge >= 0.3 is 5.97 Å². The number of nitrogens with zero attached hydrogens (tertiary/aromatic N) is 3. The molecule has 3 rings (SSSR count). The summed E-state index contributed by atoms with van der Waals surface area (Å²) < 4.78 is 6.87. The molecule has 0 bridgehead atoms. The van der Waals surface area contributed by atoms with Crippen LogP contribution in [0.4, 0.5) is 0 Å². The number of aromatic nitrogens is 2. The van der Waals surface area contributed by atoms with Crippen molar-refractivity contribution >= 4 is 11.9 Å². The lowest BCUT2D eigenvalue weighted by Crippen LogP contribution is -2.45. The van der Waals surface area contributed by atoms with E-state index in [1.807, 2.05) is 18.2 Å². The van der Waals surface area contributed by atoms with Gasteiger partial charge < -0.3 is 14.7 Å². The smallest absolute Gasteiger partial charge is 0.308 e. The van der Waals surface area contributed by atoms with Crippen LogP contribution in [0.25, 0.3) is 0 Å². The molecule has 7 nitrogen and oxygen atoms in total. The highest BCUT2D eigenvalue weighted by Gasteiger charge is 2.40. The molecule has 1 aromatic carbocycles. The first-order valence-electron chi connectivity index (χ1n) is 8.14. The maximum atomic E-state index is 12.6. The number of methoxy groups -OCH3 is 1. The first-order chi connectivity index (χ1) is 12.0. The van der Waals surface area contributed by atoms with Gasteiger partial charge in [-0.3, -0.25) is 14.3 Å². The first-order valence-corrected chi connectivity index (χ1v) is 8.14. The summed E-state index contributed by atoms with van der Waals surface area (Å²) in [6, 6.07) is 8.55. The summed E-state index contributed by atoms with van der Waals surface area (Å²) in [6.45, 7) is 0.329. The first kappa shape index (κ1) is 17.0. The van der Waals surface area contributed by atoms with Crippen LogP contribution >= 0.6 is 0 Å². The molecule has 1 saturated heterocycles. The predicted molar refractivity (Wildman–Crippen MR) is 89.9 cm³/mol. The lowest BCUT2D eigenvalue weighted by Gasteiger charge is -2.39. The topological polar surface area (TPSA) is 84.7 Å². The van der Waals surface area contributed by atoms with Gasteiger partial charge in [0.05, 0.1) is 31.3 Å². The largest absolute Gasteiger partial charge is 0.497 e. The van der Waals surface area contributed by atoms with Gasteiger partial charge in [0.1, 0.15) is 5.75 Å². The van der Waals surface area contributed by atoms with Crippen molar-refractivity contribution in [3.8, 4) is 5.75 Å². The third-order valence-corrected chi connectivity index (χ3v) is 4.74. The molecule has 132 valence electrons. The quantitative estimate of drug-likeness (QED) is 0.897. The van der Waals surface area contributed by atoms with Crippen molar-refractivity contribution in [3.63, 3.8) is 0 Å². The number of likely N-dealkylation sites (tertiary alicyclic amines) is 1. The standard InChI is InChI=1S/C18H21N3O4/c1-20-13(9-10-19-20)11-21-16(22)8-7-15(18(23)24)17(21)12-3-5-14(25-2)6-4-12/h3-6,9-10,15,17H,7-8,11H2,1-2H3,(H,23,24)/t15-,17+/m0/s1. The van der Waals surface area contributed by atoms with Gasteiger partial charge in [0.2, 0.25) is 5.91 Å². The summed E-state index contributed by atoms with van der Waals surface area (Å²) in [4.78, 5) is 26.0. The monoisotopic (exact) mass is 343 g/mol. The van der Waals surface area contributed by atoms with Crippen molar-refractivity contribution in [1.82, 2.24) is 14.7 Å². The van der Waals surface area contributed by atoms with Gasteiger partial charge in [-0.15, -0.1) is 0 Å². The molecule has 0 radical (unpaired) electrons. The molecule has 1 amide bonds. The Balaban J connectivity index is 1.99. The maximum absolute atomic E-state index is 12.6. The molecule has 1 aliphatic rings. The van der Waals surface area contributed by atoms with E-state index in [1.54, 1.807) is 42.1 Å². The second kappa shape index (κ2) is 6.96. The van der Waals surface area contributed by atoms with Gasteiger partial charge in [-0.1, -0.05) is 12.1 Å². The fourth-order valence-corrected chi connectivity index (χ4v) is 3.34. The number of ether oxygens (including phenoxy) is 1. The molecule has 7 heteroatoms. The van der Waals surface area contributed by atoms with Crippen molar-refractivity contribution in [2.75, 3.05) is 7.11 Å². The molecule has 1 aliphatic heterocycles. The van der Waals surface area contributed by atoms with Crippen LogP contribution in [-0.2, 0) is 23.2 Å². The number of aliphatic carboxylic acids is 1. The number of piperidine rings is 1. The van der Waals surface area contributed by atoms with E-state index in [-0.39, 0.29) is 12.3 Å². The molecule has 25 heavy (non-hydrogen) atoms. The SMILES string of the molecule is COc1ccc([C@@H]2[C@@H](C(=O)O)CCC(=O)N2Cc2ccnn2C)cc1. The second-order valence-corrected chi connectivity index (χ2v) is 6.17. The highest BCUT2D eigenvalue weighted by atomic mass is 16.5. The molecular weight excluding hydrogens is 322 g/mol. The number of carbonyl (C=O) groups excluding carboxylic acids is 1. The lowest BCUT2D eigenvalue weighted by molar-refractivity contribution is -0.152. The van der Waals surface area contributed by atoms with Crippen LogP contribution in [-0.4, -0.2) is 38.8 Å². The number of carboxylic acids is 1. The number of benzene rings is 1. The van der Waals surface area contributed by atoms with Crippen LogP contribution in [0.1, 0.15) is 30.1 Å². The van der Waals surface area contributed by atoms with E-state index >= 15 is 0 Å². The summed E-state index contributed by atoms with van der Waals surface area (Å²) in [7, 11) is 3.38. The van der Waals surface area contributed by atoms with Crippen LogP contribution in [0.2, 0.25) is 0 Å². The molecule has 2 atom stereocenters. The zero-order chi connectivity index (χ0) is 18.0. The van der Waals surface area contributed by atoms with Gasteiger partial charge in [-0.05, 0) is 30.2 Å². The Morgan fingerprint density at radius 1 is 1.32 bits per heavy atom. The van der Waals surface area contributed by atoms with Crippen molar-refractivity contribution < 1.29 is 19.4 Å². The molecule has 0 saturated carbocycles. The van der Waals surface area contributed by atoms with Gasteiger partial charge in [0.25, 0.3) is 0 Å². The van der Waals surface area contributed by atoms with Crippen molar-refractivity contribution in [2.45, 2.75) is 25.4 Å². The molecule has 0 aliphatic carbocycles. The molecule has 1 fully saturated rings. The van der Waals surface area contributed by atoms with Gasteiger partial charge in [-0.25, -0.2) is 0 Å². The number of hydrogen-bond donors (Lipinski definition) is 1. The van der Waals surface area contributed by atoms with Gasteiger partial charge in [-0.2, -0.15) is 5.10 Å². The normalized spacial score (nSPS) is 20.6. The minimum absolute atomic E-state index is 0.0421. The van der Waals surface area contributed by atoms with Crippen molar-refractivity contribution in [1.29, 1.82) is 0 Å². The van der Waals surface area contributed by atoms with Gasteiger partial charge in [0, 0.05) is 19.7 Å². The molecule has 0 spiro atoms. The van der Waals surface area contributed by atoms with E-state index in [1.165, 1.54) is 0 Å². The van der Waals surface area contributed by atoms with E-state index in [0.29, 0.717) is 18.7 Å². The third-order valence-electron chi connectivity index (χ3n) is 4.74. The average Bonchev–Trinajstić information content (AvgIpc) is 3.01. The van der Waals surface area contributed by atoms with E-state index in [2.05, 4.69) is 5.10 Å². The van der Waals surface area contributed by atoms with E-state index in [4.69, 9.17) is 4.74 Å². The predicted octanol–water partition coefficient (Wildman–Crippen LogP) is 1.99. The number of hydrogen-bond acceptors (Lipinski definition) is 4. The summed E-state index contributed by atoms with van der Waals surface area (Å²) in [5.41, 5.74) is 1.65. The maximum Gasteiger partial charge on any atom is 0.308 e. The van der Waals surface area contributed by atoms with E-state index in [9.17, 15) is 14.7 Å². The van der Waals surface area contributed by atoms with Gasteiger partial charge in [0.15, 0.2) is 0 Å². The minimum Gasteiger partial charge on any atom is -0.497 e. The Labute approximate surface area is 145 Å². The Morgan fingerprint density at radius 2 is 2.04 bits per heavy atom. The fraction of sp³-hybridized carbons (Fsp3) is 0.389. The average molecular weight is 343 g/mol. The molecular formula is C18H21N3O4. The second-order valence-electron chi connectivity index (χ2n) is 6.17. The van der Waals surface area contributed by atoms with Crippen LogP contribution in [0.3, 0.4) is 0 Å². The molecule has 2 aromatic rings. The lowest BCUT2D eigenvalue weighted by atomic mass is 9.84. The number of amides is 1. The summed E-state index contributed by atoms with van der Waals surface area (Å²) >= 11 is 0. The fourth-order valence-electron chi connectivity index (χ4n) is 3.34. The summed E-state index contributed by atoms with van der Waals surface area (Å²) in [5, 5.41) is 13.8. The molecule has 1 N–H and O–H groups in total. The Hall–Kier alpha value is -2.83. The van der Waals surface area contributed by atoms with Crippen LogP contribution in [0, 0.1) is 5.92 Å². The van der Waals surface area contributed by atoms with Crippen molar-refractivity contribution in [3.05, 3.63) is 47.8 Å².